The molecule has 22 heavy (non-hydrogen) atoms. The third-order valence-corrected chi connectivity index (χ3v) is 3.41. The van der Waals surface area contributed by atoms with Crippen LogP contribution in [-0.4, -0.2) is 28.6 Å². The lowest BCUT2D eigenvalue weighted by atomic mass is 9.91. The van der Waals surface area contributed by atoms with E-state index in [0.29, 0.717) is 6.42 Å². The summed E-state index contributed by atoms with van der Waals surface area (Å²) >= 11 is 0. The van der Waals surface area contributed by atoms with Crippen molar-refractivity contribution < 1.29 is 14.3 Å². The number of hydrogen-bond acceptors (Lipinski definition) is 3. The third kappa shape index (κ3) is 4.36. The van der Waals surface area contributed by atoms with E-state index in [1.165, 1.54) is 12.1 Å². The van der Waals surface area contributed by atoms with E-state index < -0.39 is 5.92 Å². The Balaban J connectivity index is 2.23. The zero-order valence-corrected chi connectivity index (χ0v) is 12.4. The highest BCUT2D eigenvalue weighted by molar-refractivity contribution is 5.84. The highest BCUT2D eigenvalue weighted by atomic mass is 19.1. The molecule has 1 unspecified atom stereocenters. The zero-order valence-electron chi connectivity index (χ0n) is 12.4. The lowest BCUT2D eigenvalue weighted by Gasteiger charge is -2.20. The Hall–Kier alpha value is -2.27. The average molecular weight is 302 g/mol. The summed E-state index contributed by atoms with van der Waals surface area (Å²) in [4.78, 5) is 16.5. The zero-order chi connectivity index (χ0) is 15.9. The van der Waals surface area contributed by atoms with Crippen LogP contribution in [0.1, 0.15) is 24.0 Å². The maximum absolute atomic E-state index is 13.1. The number of benzene rings is 1. The van der Waals surface area contributed by atoms with Gasteiger partial charge in [0.15, 0.2) is 0 Å². The smallest absolute Gasteiger partial charge is 0.228 e. The molecule has 0 spiro atoms. The van der Waals surface area contributed by atoms with Crippen LogP contribution in [0.2, 0.25) is 0 Å². The third-order valence-electron chi connectivity index (χ3n) is 3.41. The maximum atomic E-state index is 13.1. The highest BCUT2D eigenvalue weighted by Crippen LogP contribution is 2.21. The first kappa shape index (κ1) is 16.1. The number of nitrogens with one attached hydrogen (secondary N) is 1. The standard InChI is InChI=1S/C17H19FN2O2/c1-12(11-21)20-17(22)16(9-13-3-2-8-19-10-13)14-4-6-15(18)7-5-14/h2-8,10,12,16,21H,9,11H2,1H3,(H,20,22)/t12-,16?/m0/s1. The number of aromatic nitrogens is 1. The first-order valence-corrected chi connectivity index (χ1v) is 7.15. The van der Waals surface area contributed by atoms with Crippen LogP contribution in [0.25, 0.3) is 0 Å². The van der Waals surface area contributed by atoms with Gasteiger partial charge < -0.3 is 10.4 Å². The van der Waals surface area contributed by atoms with Crippen molar-refractivity contribution in [2.45, 2.75) is 25.3 Å². The van der Waals surface area contributed by atoms with E-state index in [2.05, 4.69) is 10.3 Å². The molecule has 0 radical (unpaired) electrons. The number of pyridine rings is 1. The van der Waals surface area contributed by atoms with Gasteiger partial charge in [-0.1, -0.05) is 18.2 Å². The Bertz CT molecular complexity index is 602. The summed E-state index contributed by atoms with van der Waals surface area (Å²) in [6.07, 6.45) is 3.84. The molecule has 0 saturated carbocycles. The second kappa shape index (κ2) is 7.66. The largest absolute Gasteiger partial charge is 0.394 e. The van der Waals surface area contributed by atoms with Gasteiger partial charge in [-0.15, -0.1) is 0 Å². The fraction of sp³-hybridized carbons (Fsp3) is 0.294. The number of nitrogens with zero attached hydrogens (tertiary/aromatic N) is 1. The molecule has 1 heterocycles. The minimum absolute atomic E-state index is 0.130. The summed E-state index contributed by atoms with van der Waals surface area (Å²) in [7, 11) is 0. The van der Waals surface area contributed by atoms with Gasteiger partial charge in [0.1, 0.15) is 5.82 Å². The van der Waals surface area contributed by atoms with Crippen LogP contribution in [0, 0.1) is 5.82 Å². The molecule has 116 valence electrons. The summed E-state index contributed by atoms with van der Waals surface area (Å²) in [5, 5.41) is 11.8. The molecule has 2 atom stereocenters. The fourth-order valence-corrected chi connectivity index (χ4v) is 2.20. The van der Waals surface area contributed by atoms with Crippen molar-refractivity contribution in [2.75, 3.05) is 6.61 Å². The van der Waals surface area contributed by atoms with Gasteiger partial charge in [-0.05, 0) is 42.7 Å². The molecular weight excluding hydrogens is 283 g/mol. The molecule has 2 rings (SSSR count). The molecule has 0 aliphatic carbocycles. The number of hydrogen-bond donors (Lipinski definition) is 2. The average Bonchev–Trinajstić information content (AvgIpc) is 2.54. The molecule has 1 amide bonds. The molecule has 2 aromatic rings. The Kier molecular flexibility index (Phi) is 5.61. The van der Waals surface area contributed by atoms with E-state index in [9.17, 15) is 9.18 Å². The normalized spacial score (nSPS) is 13.4. The van der Waals surface area contributed by atoms with E-state index in [1.54, 1.807) is 31.5 Å². The van der Waals surface area contributed by atoms with Crippen molar-refractivity contribution in [3.63, 3.8) is 0 Å². The van der Waals surface area contributed by atoms with Crippen molar-refractivity contribution in [1.29, 1.82) is 0 Å². The van der Waals surface area contributed by atoms with Gasteiger partial charge in [0.05, 0.1) is 12.5 Å². The summed E-state index contributed by atoms with van der Waals surface area (Å²) in [6.45, 7) is 1.60. The number of carbonyl (C=O) groups excluding carboxylic acids is 1. The summed E-state index contributed by atoms with van der Waals surface area (Å²) in [6, 6.07) is 9.28. The molecule has 0 aliphatic rings. The lowest BCUT2D eigenvalue weighted by Crippen LogP contribution is -2.39. The number of aliphatic hydroxyl groups is 1. The van der Waals surface area contributed by atoms with Gasteiger partial charge in [0.25, 0.3) is 0 Å². The Morgan fingerprint density at radius 3 is 2.64 bits per heavy atom. The Morgan fingerprint density at radius 1 is 1.32 bits per heavy atom. The van der Waals surface area contributed by atoms with Gasteiger partial charge in [-0.2, -0.15) is 0 Å². The molecule has 1 aromatic heterocycles. The van der Waals surface area contributed by atoms with Crippen LogP contribution in [0.4, 0.5) is 4.39 Å². The second-order valence-electron chi connectivity index (χ2n) is 5.26. The van der Waals surface area contributed by atoms with Crippen molar-refractivity contribution >= 4 is 5.91 Å². The number of carbonyl (C=O) groups is 1. The number of rotatable bonds is 6. The molecular formula is C17H19FN2O2. The van der Waals surface area contributed by atoms with Crippen LogP contribution >= 0.6 is 0 Å². The molecule has 0 saturated heterocycles. The van der Waals surface area contributed by atoms with Crippen LogP contribution in [-0.2, 0) is 11.2 Å². The Labute approximate surface area is 129 Å². The quantitative estimate of drug-likeness (QED) is 0.858. The van der Waals surface area contributed by atoms with E-state index in [1.807, 2.05) is 12.1 Å². The van der Waals surface area contributed by atoms with Crippen molar-refractivity contribution in [3.8, 4) is 0 Å². The minimum Gasteiger partial charge on any atom is -0.394 e. The van der Waals surface area contributed by atoms with Gasteiger partial charge in [0, 0.05) is 18.4 Å². The molecule has 0 aliphatic heterocycles. The van der Waals surface area contributed by atoms with E-state index in [-0.39, 0.29) is 24.4 Å². The topological polar surface area (TPSA) is 62.2 Å². The van der Waals surface area contributed by atoms with E-state index in [4.69, 9.17) is 5.11 Å². The van der Waals surface area contributed by atoms with Crippen LogP contribution in [0.5, 0.6) is 0 Å². The van der Waals surface area contributed by atoms with Crippen LogP contribution in [0.3, 0.4) is 0 Å². The van der Waals surface area contributed by atoms with Gasteiger partial charge in [-0.25, -0.2) is 4.39 Å². The molecule has 0 fully saturated rings. The second-order valence-corrected chi connectivity index (χ2v) is 5.26. The molecule has 0 bridgehead atoms. The highest BCUT2D eigenvalue weighted by Gasteiger charge is 2.22. The van der Waals surface area contributed by atoms with Crippen molar-refractivity contribution in [2.24, 2.45) is 0 Å². The van der Waals surface area contributed by atoms with Crippen LogP contribution in [0.15, 0.2) is 48.8 Å². The molecule has 5 heteroatoms. The first-order chi connectivity index (χ1) is 10.6. The van der Waals surface area contributed by atoms with Gasteiger partial charge >= 0.3 is 0 Å². The SMILES string of the molecule is C[C@@H](CO)NC(=O)C(Cc1cccnc1)c1ccc(F)cc1. The van der Waals surface area contributed by atoms with Crippen molar-refractivity contribution in [1.82, 2.24) is 10.3 Å². The van der Waals surface area contributed by atoms with E-state index in [0.717, 1.165) is 11.1 Å². The van der Waals surface area contributed by atoms with Gasteiger partial charge in [0.2, 0.25) is 5.91 Å². The van der Waals surface area contributed by atoms with E-state index >= 15 is 0 Å². The number of aliphatic hydroxyl groups excluding tert-OH is 1. The van der Waals surface area contributed by atoms with Crippen molar-refractivity contribution in [3.05, 3.63) is 65.7 Å². The predicted molar refractivity (Wildman–Crippen MR) is 81.8 cm³/mol. The first-order valence-electron chi connectivity index (χ1n) is 7.15. The molecule has 2 N–H and O–H groups in total. The molecule has 1 aromatic carbocycles. The predicted octanol–water partition coefficient (Wildman–Crippen LogP) is 2.04. The maximum Gasteiger partial charge on any atom is 0.228 e. The summed E-state index contributed by atoms with van der Waals surface area (Å²) in [5.74, 6) is -0.996. The lowest BCUT2D eigenvalue weighted by molar-refractivity contribution is -0.123. The van der Waals surface area contributed by atoms with Crippen LogP contribution < -0.4 is 5.32 Å². The van der Waals surface area contributed by atoms with Gasteiger partial charge in [-0.3, -0.25) is 9.78 Å². The number of halogens is 1. The Morgan fingerprint density at radius 2 is 2.05 bits per heavy atom. The molecule has 4 nitrogen and oxygen atoms in total. The fourth-order valence-electron chi connectivity index (χ4n) is 2.20. The summed E-state index contributed by atoms with van der Waals surface area (Å²) < 4.78 is 13.1. The number of amides is 1. The summed E-state index contributed by atoms with van der Waals surface area (Å²) in [5.41, 5.74) is 1.65. The minimum atomic E-state index is -0.459. The monoisotopic (exact) mass is 302 g/mol.